The Morgan fingerprint density at radius 3 is 2.71 bits per heavy atom. The van der Waals surface area contributed by atoms with E-state index in [0.29, 0.717) is 10.8 Å². The molecule has 0 aliphatic carbocycles. The maximum atomic E-state index is 12.9. The van der Waals surface area contributed by atoms with Gasteiger partial charge in [-0.25, -0.2) is 14.6 Å². The molecule has 7 nitrogen and oxygen atoms in total. The predicted octanol–water partition coefficient (Wildman–Crippen LogP) is 4.02. The smallest absolute Gasteiger partial charge is 0.338 e. The van der Waals surface area contributed by atoms with Crippen LogP contribution >= 0.6 is 11.8 Å². The number of alkyl halides is 3. The third kappa shape index (κ3) is 3.88. The minimum Gasteiger partial charge on any atom is -0.338 e. The van der Waals surface area contributed by atoms with Gasteiger partial charge < -0.3 is 4.52 Å². The van der Waals surface area contributed by atoms with Gasteiger partial charge in [0, 0.05) is 30.4 Å². The standard InChI is InChI=1S/C17H11F3N6OS/c18-17(19,20)12-4-1-3-11(9-12)14-24-13(27-25-14)10-28-16-15(21-6-7-22-16)26-8-2-5-23-26/h1-9H,10H2. The lowest BCUT2D eigenvalue weighted by Crippen LogP contribution is -2.04. The molecule has 28 heavy (non-hydrogen) atoms. The third-order valence-corrected chi connectivity index (χ3v) is 4.57. The van der Waals surface area contributed by atoms with Crippen molar-refractivity contribution in [3.8, 4) is 17.2 Å². The summed E-state index contributed by atoms with van der Waals surface area (Å²) in [5.74, 6) is 1.18. The molecule has 0 aliphatic rings. The number of benzene rings is 1. The van der Waals surface area contributed by atoms with Crippen molar-refractivity contribution in [2.24, 2.45) is 0 Å². The second-order valence-corrected chi connectivity index (χ2v) is 6.48. The molecule has 4 aromatic rings. The summed E-state index contributed by atoms with van der Waals surface area (Å²) in [6.07, 6.45) is 2.04. The van der Waals surface area contributed by atoms with Crippen LogP contribution in [0.3, 0.4) is 0 Å². The largest absolute Gasteiger partial charge is 0.416 e. The highest BCUT2D eigenvalue weighted by molar-refractivity contribution is 7.98. The number of thioether (sulfide) groups is 1. The van der Waals surface area contributed by atoms with Gasteiger partial charge in [-0.2, -0.15) is 23.3 Å². The Morgan fingerprint density at radius 1 is 1.07 bits per heavy atom. The quantitative estimate of drug-likeness (QED) is 0.465. The van der Waals surface area contributed by atoms with Crippen molar-refractivity contribution in [1.82, 2.24) is 29.9 Å². The number of rotatable bonds is 5. The number of hydrogen-bond donors (Lipinski definition) is 0. The number of hydrogen-bond acceptors (Lipinski definition) is 7. The molecule has 0 spiro atoms. The van der Waals surface area contributed by atoms with Gasteiger partial charge >= 0.3 is 6.18 Å². The Balaban J connectivity index is 1.51. The van der Waals surface area contributed by atoms with E-state index in [-0.39, 0.29) is 23.0 Å². The van der Waals surface area contributed by atoms with Gasteiger partial charge in [-0.3, -0.25) is 0 Å². The van der Waals surface area contributed by atoms with Crippen LogP contribution in [0.25, 0.3) is 17.2 Å². The highest BCUT2D eigenvalue weighted by atomic mass is 32.2. The van der Waals surface area contributed by atoms with Gasteiger partial charge in [0.05, 0.1) is 11.3 Å². The number of nitrogens with zero attached hydrogens (tertiary/aromatic N) is 6. The minimum atomic E-state index is -4.44. The molecular formula is C17H11F3N6OS. The average molecular weight is 404 g/mol. The van der Waals surface area contributed by atoms with Crippen molar-refractivity contribution in [3.63, 3.8) is 0 Å². The van der Waals surface area contributed by atoms with E-state index in [4.69, 9.17) is 4.52 Å². The van der Waals surface area contributed by atoms with Crippen LogP contribution in [0.15, 0.2) is 64.7 Å². The van der Waals surface area contributed by atoms with E-state index in [2.05, 4.69) is 25.2 Å². The normalized spacial score (nSPS) is 11.7. The van der Waals surface area contributed by atoms with Gasteiger partial charge in [0.15, 0.2) is 5.82 Å². The predicted molar refractivity (Wildman–Crippen MR) is 93.5 cm³/mol. The molecule has 4 rings (SSSR count). The van der Waals surface area contributed by atoms with E-state index in [1.165, 1.54) is 23.9 Å². The summed E-state index contributed by atoms with van der Waals surface area (Å²) >= 11 is 1.30. The maximum absolute atomic E-state index is 12.9. The Labute approximate surface area is 160 Å². The van der Waals surface area contributed by atoms with Crippen LogP contribution in [0.2, 0.25) is 0 Å². The fourth-order valence-electron chi connectivity index (χ4n) is 2.37. The van der Waals surface area contributed by atoms with E-state index >= 15 is 0 Å². The molecule has 0 aliphatic heterocycles. The first-order valence-corrected chi connectivity index (χ1v) is 8.93. The number of halogens is 3. The van der Waals surface area contributed by atoms with Gasteiger partial charge in [-0.05, 0) is 18.2 Å². The maximum Gasteiger partial charge on any atom is 0.416 e. The zero-order chi connectivity index (χ0) is 19.6. The third-order valence-electron chi connectivity index (χ3n) is 3.62. The van der Waals surface area contributed by atoms with Gasteiger partial charge in [0.25, 0.3) is 0 Å². The first-order chi connectivity index (χ1) is 13.5. The molecule has 0 amide bonds. The van der Waals surface area contributed by atoms with Crippen LogP contribution in [0.4, 0.5) is 13.2 Å². The van der Waals surface area contributed by atoms with E-state index in [1.807, 2.05) is 0 Å². The van der Waals surface area contributed by atoms with E-state index in [9.17, 15) is 13.2 Å². The monoisotopic (exact) mass is 404 g/mol. The minimum absolute atomic E-state index is 0.0909. The topological polar surface area (TPSA) is 82.5 Å². The highest BCUT2D eigenvalue weighted by Gasteiger charge is 2.30. The van der Waals surface area contributed by atoms with Gasteiger partial charge in [-0.15, -0.1) is 0 Å². The molecule has 0 bridgehead atoms. The van der Waals surface area contributed by atoms with Crippen molar-refractivity contribution < 1.29 is 17.7 Å². The van der Waals surface area contributed by atoms with Crippen LogP contribution < -0.4 is 0 Å². The van der Waals surface area contributed by atoms with Crippen LogP contribution in [-0.2, 0) is 11.9 Å². The van der Waals surface area contributed by atoms with E-state index in [1.54, 1.807) is 35.5 Å². The summed E-state index contributed by atoms with van der Waals surface area (Å²) in [4.78, 5) is 12.7. The summed E-state index contributed by atoms with van der Waals surface area (Å²) in [6, 6.07) is 6.54. The fourth-order valence-corrected chi connectivity index (χ4v) is 3.15. The molecule has 1 aromatic carbocycles. The summed E-state index contributed by atoms with van der Waals surface area (Å²) in [5.41, 5.74) is -0.541. The fraction of sp³-hybridized carbons (Fsp3) is 0.118. The van der Waals surface area contributed by atoms with Crippen LogP contribution in [0, 0.1) is 0 Å². The first kappa shape index (κ1) is 18.2. The summed E-state index contributed by atoms with van der Waals surface area (Å²) in [5, 5.41) is 8.51. The molecule has 0 radical (unpaired) electrons. The average Bonchev–Trinajstić information content (AvgIpc) is 3.38. The van der Waals surface area contributed by atoms with Crippen molar-refractivity contribution in [1.29, 1.82) is 0 Å². The molecule has 11 heteroatoms. The molecule has 3 heterocycles. The van der Waals surface area contributed by atoms with Crippen LogP contribution in [0.1, 0.15) is 11.5 Å². The molecule has 3 aromatic heterocycles. The second-order valence-electron chi connectivity index (χ2n) is 5.51. The zero-order valence-electron chi connectivity index (χ0n) is 14.0. The summed E-state index contributed by atoms with van der Waals surface area (Å²) in [6.45, 7) is 0. The summed E-state index contributed by atoms with van der Waals surface area (Å²) in [7, 11) is 0. The molecule has 0 saturated carbocycles. The van der Waals surface area contributed by atoms with Crippen LogP contribution in [0.5, 0.6) is 0 Å². The molecular weight excluding hydrogens is 393 g/mol. The van der Waals surface area contributed by atoms with Crippen molar-refractivity contribution >= 4 is 11.8 Å². The lowest BCUT2D eigenvalue weighted by molar-refractivity contribution is -0.137. The van der Waals surface area contributed by atoms with E-state index in [0.717, 1.165) is 12.1 Å². The van der Waals surface area contributed by atoms with Crippen molar-refractivity contribution in [2.45, 2.75) is 17.0 Å². The van der Waals surface area contributed by atoms with Crippen molar-refractivity contribution in [2.75, 3.05) is 0 Å². The summed E-state index contributed by atoms with van der Waals surface area (Å²) < 4.78 is 45.3. The Bertz CT molecular complexity index is 1080. The van der Waals surface area contributed by atoms with Gasteiger partial charge in [0.2, 0.25) is 11.7 Å². The molecule has 0 atom stereocenters. The Morgan fingerprint density at radius 2 is 1.93 bits per heavy atom. The molecule has 142 valence electrons. The highest BCUT2D eigenvalue weighted by Crippen LogP contribution is 2.32. The van der Waals surface area contributed by atoms with Crippen LogP contribution in [-0.4, -0.2) is 29.9 Å². The molecule has 0 unspecified atom stereocenters. The molecule has 0 saturated heterocycles. The van der Waals surface area contributed by atoms with Gasteiger partial charge in [0.1, 0.15) is 5.03 Å². The second kappa shape index (κ2) is 7.43. The molecule has 0 fully saturated rings. The lowest BCUT2D eigenvalue weighted by atomic mass is 10.1. The van der Waals surface area contributed by atoms with E-state index < -0.39 is 11.7 Å². The Kier molecular flexibility index (Phi) is 4.82. The molecule has 0 N–H and O–H groups in total. The lowest BCUT2D eigenvalue weighted by Gasteiger charge is -2.06. The Hall–Kier alpha value is -3.21. The van der Waals surface area contributed by atoms with Gasteiger partial charge in [-0.1, -0.05) is 29.1 Å². The zero-order valence-corrected chi connectivity index (χ0v) is 14.9. The first-order valence-electron chi connectivity index (χ1n) is 7.95. The number of aromatic nitrogens is 6. The van der Waals surface area contributed by atoms with Crippen molar-refractivity contribution in [3.05, 3.63) is 66.6 Å². The SMILES string of the molecule is FC(F)(F)c1cccc(-c2noc(CSc3nccnc3-n3cccn3)n2)c1.